The zero-order valence-corrected chi connectivity index (χ0v) is 22.2. The van der Waals surface area contributed by atoms with Crippen molar-refractivity contribution in [2.75, 3.05) is 16.8 Å². The fraction of sp³-hybridized carbons (Fsp3) is 0.484. The topological polar surface area (TPSA) is 58.6 Å². The van der Waals surface area contributed by atoms with Crippen molar-refractivity contribution in [3.8, 4) is 5.75 Å². The third-order valence-corrected chi connectivity index (χ3v) is 7.13. The molecule has 4 rings (SSSR count). The lowest BCUT2D eigenvalue weighted by Crippen LogP contribution is -2.39. The Morgan fingerprint density at radius 1 is 1.00 bits per heavy atom. The van der Waals surface area contributed by atoms with Crippen LogP contribution in [0.5, 0.6) is 5.75 Å². The maximum Gasteiger partial charge on any atom is 0.227 e. The van der Waals surface area contributed by atoms with Crippen LogP contribution in [0.25, 0.3) is 0 Å². The van der Waals surface area contributed by atoms with Gasteiger partial charge in [0.05, 0.1) is 24.0 Å². The molecule has 5 nitrogen and oxygen atoms in total. The zero-order valence-electron chi connectivity index (χ0n) is 22.2. The van der Waals surface area contributed by atoms with Gasteiger partial charge in [0.2, 0.25) is 5.91 Å². The molecule has 5 heteroatoms. The van der Waals surface area contributed by atoms with E-state index < -0.39 is 6.04 Å². The van der Waals surface area contributed by atoms with E-state index in [0.717, 1.165) is 66.9 Å². The SMILES string of the molecule is CCCCCC(=O)N1c2ccccc2NC2=C(C(=O)CC(C)(C)C2)C1c1ccc(OCCCC)cc1. The second-order valence-corrected chi connectivity index (χ2v) is 10.9. The van der Waals surface area contributed by atoms with Crippen molar-refractivity contribution in [1.29, 1.82) is 0 Å². The second kappa shape index (κ2) is 11.3. The highest BCUT2D eigenvalue weighted by Crippen LogP contribution is 2.48. The number of rotatable bonds is 9. The van der Waals surface area contributed by atoms with Gasteiger partial charge in [0.25, 0.3) is 0 Å². The number of para-hydroxylation sites is 2. The summed E-state index contributed by atoms with van der Waals surface area (Å²) in [5.74, 6) is 0.976. The van der Waals surface area contributed by atoms with Crippen molar-refractivity contribution >= 4 is 23.1 Å². The molecule has 0 aromatic heterocycles. The van der Waals surface area contributed by atoms with Crippen molar-refractivity contribution in [2.24, 2.45) is 5.41 Å². The smallest absolute Gasteiger partial charge is 0.227 e. The standard InChI is InChI=1S/C31H40N2O3/c1-5-7-9-14-28(35)33-26-13-11-10-12-24(26)32-25-20-31(3,4)21-27(34)29(25)30(33)22-15-17-23(18-16-22)36-19-8-6-2/h10-13,15-18,30,32H,5-9,14,19-21H2,1-4H3. The van der Waals surface area contributed by atoms with Gasteiger partial charge in [-0.05, 0) is 54.5 Å². The van der Waals surface area contributed by atoms with Crippen LogP contribution in [-0.4, -0.2) is 18.3 Å². The largest absolute Gasteiger partial charge is 0.494 e. The molecule has 0 bridgehead atoms. The predicted octanol–water partition coefficient (Wildman–Crippen LogP) is 7.59. The highest BCUT2D eigenvalue weighted by molar-refractivity contribution is 6.06. The van der Waals surface area contributed by atoms with Crippen LogP contribution in [0, 0.1) is 5.41 Å². The van der Waals surface area contributed by atoms with E-state index in [0.29, 0.717) is 25.0 Å². The first-order chi connectivity index (χ1) is 17.3. The Balaban J connectivity index is 1.83. The summed E-state index contributed by atoms with van der Waals surface area (Å²) < 4.78 is 5.89. The molecule has 1 unspecified atom stereocenters. The van der Waals surface area contributed by atoms with Gasteiger partial charge in [-0.25, -0.2) is 0 Å². The molecule has 1 amide bonds. The molecule has 0 saturated carbocycles. The van der Waals surface area contributed by atoms with Crippen LogP contribution in [0.3, 0.4) is 0 Å². The Labute approximate surface area is 215 Å². The van der Waals surface area contributed by atoms with E-state index in [1.165, 1.54) is 0 Å². The predicted molar refractivity (Wildman–Crippen MR) is 146 cm³/mol. The maximum atomic E-state index is 13.9. The Hall–Kier alpha value is -3.08. The summed E-state index contributed by atoms with van der Waals surface area (Å²) in [7, 11) is 0. The molecule has 192 valence electrons. The van der Waals surface area contributed by atoms with E-state index >= 15 is 0 Å². The molecule has 2 aromatic rings. The molecule has 0 fully saturated rings. The van der Waals surface area contributed by atoms with Gasteiger partial charge in [-0.15, -0.1) is 0 Å². The average Bonchev–Trinajstić information content (AvgIpc) is 2.98. The van der Waals surface area contributed by atoms with E-state index in [2.05, 4.69) is 33.0 Å². The van der Waals surface area contributed by atoms with E-state index in [-0.39, 0.29) is 17.1 Å². The molecular weight excluding hydrogens is 448 g/mol. The average molecular weight is 489 g/mol. The van der Waals surface area contributed by atoms with E-state index in [9.17, 15) is 9.59 Å². The fourth-order valence-corrected chi connectivity index (χ4v) is 5.31. The van der Waals surface area contributed by atoms with E-state index in [1.807, 2.05) is 53.4 Å². The van der Waals surface area contributed by atoms with Crippen LogP contribution >= 0.6 is 0 Å². The van der Waals surface area contributed by atoms with Crippen molar-refractivity contribution in [1.82, 2.24) is 0 Å². The van der Waals surface area contributed by atoms with Crippen LogP contribution in [0.1, 0.15) is 90.7 Å². The molecule has 2 aromatic carbocycles. The number of ketones is 1. The molecule has 0 radical (unpaired) electrons. The lowest BCUT2D eigenvalue weighted by molar-refractivity contribution is -0.119. The first kappa shape index (κ1) is 26.0. The Morgan fingerprint density at radius 3 is 2.44 bits per heavy atom. The quantitative estimate of drug-likeness (QED) is 0.369. The number of unbranched alkanes of at least 4 members (excludes halogenated alkanes) is 3. The van der Waals surface area contributed by atoms with Crippen LogP contribution in [-0.2, 0) is 9.59 Å². The third kappa shape index (κ3) is 5.66. The lowest BCUT2D eigenvalue weighted by Gasteiger charge is -2.37. The lowest BCUT2D eigenvalue weighted by atomic mass is 9.73. The molecule has 1 heterocycles. The Kier molecular flexibility index (Phi) is 8.17. The van der Waals surface area contributed by atoms with Gasteiger partial charge in [0, 0.05) is 24.1 Å². The van der Waals surface area contributed by atoms with Gasteiger partial charge >= 0.3 is 0 Å². The number of ether oxygens (including phenoxy) is 1. The number of benzene rings is 2. The molecule has 2 aliphatic rings. The minimum absolute atomic E-state index is 0.0531. The number of anilines is 2. The number of allylic oxidation sites excluding steroid dienone is 1. The first-order valence-electron chi connectivity index (χ1n) is 13.5. The number of Topliss-reactive ketones (excluding diaryl/α,β-unsaturated/α-hetero) is 1. The van der Waals surface area contributed by atoms with Gasteiger partial charge in [0.1, 0.15) is 5.75 Å². The highest BCUT2D eigenvalue weighted by atomic mass is 16.5. The van der Waals surface area contributed by atoms with Gasteiger partial charge < -0.3 is 10.1 Å². The van der Waals surface area contributed by atoms with Crippen molar-refractivity contribution in [2.45, 2.75) is 85.1 Å². The van der Waals surface area contributed by atoms with Gasteiger partial charge in [-0.1, -0.05) is 71.2 Å². The zero-order chi connectivity index (χ0) is 25.7. The van der Waals surface area contributed by atoms with Gasteiger partial charge in [-0.2, -0.15) is 0 Å². The summed E-state index contributed by atoms with van der Waals surface area (Å²) in [5.41, 5.74) is 4.14. The summed E-state index contributed by atoms with van der Waals surface area (Å²) in [5, 5.41) is 3.59. The number of carbonyl (C=O) groups is 2. The van der Waals surface area contributed by atoms with Crippen molar-refractivity contribution in [3.05, 3.63) is 65.4 Å². The number of fused-ring (bicyclic) bond motifs is 1. The molecular formula is C31H40N2O3. The maximum absolute atomic E-state index is 13.9. The second-order valence-electron chi connectivity index (χ2n) is 10.9. The van der Waals surface area contributed by atoms with Crippen LogP contribution in [0.2, 0.25) is 0 Å². The van der Waals surface area contributed by atoms with Crippen molar-refractivity contribution in [3.63, 3.8) is 0 Å². The number of hydrogen-bond acceptors (Lipinski definition) is 4. The molecule has 36 heavy (non-hydrogen) atoms. The van der Waals surface area contributed by atoms with Crippen LogP contribution in [0.15, 0.2) is 59.8 Å². The number of amides is 1. The number of hydrogen-bond donors (Lipinski definition) is 1. The molecule has 1 aliphatic carbocycles. The van der Waals surface area contributed by atoms with Crippen molar-refractivity contribution < 1.29 is 14.3 Å². The summed E-state index contributed by atoms with van der Waals surface area (Å²) in [6.45, 7) is 9.24. The fourth-order valence-electron chi connectivity index (χ4n) is 5.31. The summed E-state index contributed by atoms with van der Waals surface area (Å²) >= 11 is 0. The minimum atomic E-state index is -0.474. The summed E-state index contributed by atoms with van der Waals surface area (Å²) in [4.78, 5) is 29.5. The Bertz CT molecular complexity index is 1120. The summed E-state index contributed by atoms with van der Waals surface area (Å²) in [6, 6.07) is 15.4. The molecule has 0 saturated heterocycles. The normalized spacial score (nSPS) is 18.7. The Morgan fingerprint density at radius 2 is 1.72 bits per heavy atom. The number of carbonyl (C=O) groups excluding carboxylic acids is 2. The molecule has 1 N–H and O–H groups in total. The van der Waals surface area contributed by atoms with Gasteiger partial charge in [0.15, 0.2) is 5.78 Å². The van der Waals surface area contributed by atoms with E-state index in [4.69, 9.17) is 4.74 Å². The number of nitrogens with zero attached hydrogens (tertiary/aromatic N) is 1. The minimum Gasteiger partial charge on any atom is -0.494 e. The van der Waals surface area contributed by atoms with Crippen LogP contribution in [0.4, 0.5) is 11.4 Å². The highest BCUT2D eigenvalue weighted by Gasteiger charge is 2.43. The summed E-state index contributed by atoms with van der Waals surface area (Å²) in [6.07, 6.45) is 6.67. The first-order valence-corrected chi connectivity index (χ1v) is 13.5. The molecule has 1 aliphatic heterocycles. The monoisotopic (exact) mass is 488 g/mol. The number of nitrogens with one attached hydrogen (secondary N) is 1. The van der Waals surface area contributed by atoms with Crippen LogP contribution < -0.4 is 15.0 Å². The van der Waals surface area contributed by atoms with Gasteiger partial charge in [-0.3, -0.25) is 14.5 Å². The molecule has 1 atom stereocenters. The molecule has 0 spiro atoms. The third-order valence-electron chi connectivity index (χ3n) is 7.13. The van der Waals surface area contributed by atoms with E-state index in [1.54, 1.807) is 0 Å².